The molecule has 0 bridgehead atoms. The van der Waals surface area contributed by atoms with Crippen LogP contribution in [-0.2, 0) is 4.79 Å². The van der Waals surface area contributed by atoms with Crippen molar-refractivity contribution in [3.8, 4) is 11.5 Å². The second kappa shape index (κ2) is 8.28. The van der Waals surface area contributed by atoms with Crippen molar-refractivity contribution < 1.29 is 19.1 Å². The Morgan fingerprint density at radius 2 is 2.00 bits per heavy atom. The molecule has 1 heterocycles. The number of nitrogens with zero attached hydrogens (tertiary/aromatic N) is 2. The van der Waals surface area contributed by atoms with Gasteiger partial charge in [0.1, 0.15) is 0 Å². The number of benzene rings is 1. The number of rotatable bonds is 7. The summed E-state index contributed by atoms with van der Waals surface area (Å²) < 4.78 is 10.4. The molecular formula is C16H16N4O4. The summed E-state index contributed by atoms with van der Waals surface area (Å²) in [7, 11) is 1.47. The lowest BCUT2D eigenvalue weighted by molar-refractivity contribution is -0.119. The van der Waals surface area contributed by atoms with Gasteiger partial charge < -0.3 is 15.2 Å². The lowest BCUT2D eigenvalue weighted by Crippen LogP contribution is -2.20. The fourth-order valence-corrected chi connectivity index (χ4v) is 1.77. The molecule has 0 saturated heterocycles. The number of amides is 2. The molecule has 1 aromatic heterocycles. The summed E-state index contributed by atoms with van der Waals surface area (Å²) in [6, 6.07) is 8.13. The molecule has 0 saturated carbocycles. The van der Waals surface area contributed by atoms with Crippen molar-refractivity contribution in [3.05, 3.63) is 53.9 Å². The summed E-state index contributed by atoms with van der Waals surface area (Å²) in [6.45, 7) is -0.244. The number of hydrazone groups is 1. The molecule has 1 aromatic carbocycles. The lowest BCUT2D eigenvalue weighted by atomic mass is 10.2. The molecule has 0 aliphatic heterocycles. The highest BCUT2D eigenvalue weighted by atomic mass is 16.5. The molecule has 0 fully saturated rings. The van der Waals surface area contributed by atoms with Crippen LogP contribution < -0.4 is 20.6 Å². The van der Waals surface area contributed by atoms with Crippen LogP contribution in [0.1, 0.15) is 15.9 Å². The second-order valence-corrected chi connectivity index (χ2v) is 4.60. The Bertz CT molecular complexity index is 747. The van der Waals surface area contributed by atoms with Crippen molar-refractivity contribution in [3.63, 3.8) is 0 Å². The van der Waals surface area contributed by atoms with Crippen LogP contribution in [0.3, 0.4) is 0 Å². The van der Waals surface area contributed by atoms with Crippen molar-refractivity contribution in [1.29, 1.82) is 0 Å². The Morgan fingerprint density at radius 1 is 1.25 bits per heavy atom. The summed E-state index contributed by atoms with van der Waals surface area (Å²) in [6.07, 6.45) is 4.50. The average molecular weight is 328 g/mol. The highest BCUT2D eigenvalue weighted by Gasteiger charge is 2.07. The number of hydrogen-bond donors (Lipinski definition) is 2. The van der Waals surface area contributed by atoms with Crippen LogP contribution in [-0.4, -0.2) is 36.7 Å². The highest BCUT2D eigenvalue weighted by Crippen LogP contribution is 2.27. The number of pyridine rings is 1. The van der Waals surface area contributed by atoms with Gasteiger partial charge in [0, 0.05) is 18.0 Å². The topological polar surface area (TPSA) is 116 Å². The van der Waals surface area contributed by atoms with Crippen LogP contribution in [0.2, 0.25) is 0 Å². The van der Waals surface area contributed by atoms with E-state index < -0.39 is 5.91 Å². The molecule has 24 heavy (non-hydrogen) atoms. The summed E-state index contributed by atoms with van der Waals surface area (Å²) in [5.41, 5.74) is 8.57. The van der Waals surface area contributed by atoms with Crippen LogP contribution in [0.4, 0.5) is 0 Å². The predicted octanol–water partition coefficient (Wildman–Crippen LogP) is 0.718. The Balaban J connectivity index is 2.01. The van der Waals surface area contributed by atoms with Crippen molar-refractivity contribution in [2.24, 2.45) is 10.8 Å². The number of carbonyl (C=O) groups excluding carboxylic acids is 2. The van der Waals surface area contributed by atoms with Gasteiger partial charge in [-0.25, -0.2) is 5.43 Å². The number of nitrogens with two attached hydrogens (primary N) is 1. The van der Waals surface area contributed by atoms with E-state index in [2.05, 4.69) is 15.5 Å². The van der Waals surface area contributed by atoms with E-state index in [1.807, 2.05) is 0 Å². The molecule has 0 radical (unpaired) electrons. The molecule has 124 valence electrons. The zero-order chi connectivity index (χ0) is 17.4. The van der Waals surface area contributed by atoms with Crippen LogP contribution >= 0.6 is 0 Å². The lowest BCUT2D eigenvalue weighted by Gasteiger charge is -2.09. The van der Waals surface area contributed by atoms with Gasteiger partial charge >= 0.3 is 0 Å². The summed E-state index contributed by atoms with van der Waals surface area (Å²) >= 11 is 0. The molecule has 0 unspecified atom stereocenters. The Hall–Kier alpha value is -3.42. The second-order valence-electron chi connectivity index (χ2n) is 4.60. The number of aromatic nitrogens is 1. The molecule has 2 rings (SSSR count). The van der Waals surface area contributed by atoms with Crippen LogP contribution in [0, 0.1) is 0 Å². The van der Waals surface area contributed by atoms with E-state index in [1.165, 1.54) is 25.7 Å². The van der Waals surface area contributed by atoms with Crippen molar-refractivity contribution in [1.82, 2.24) is 10.4 Å². The molecular weight excluding hydrogens is 312 g/mol. The van der Waals surface area contributed by atoms with Crippen molar-refractivity contribution >= 4 is 18.0 Å². The summed E-state index contributed by atoms with van der Waals surface area (Å²) in [5, 5.41) is 3.88. The third-order valence-electron chi connectivity index (χ3n) is 2.88. The normalized spacial score (nSPS) is 10.4. The minimum Gasteiger partial charge on any atom is -0.493 e. The first-order valence-electron chi connectivity index (χ1n) is 6.92. The number of methoxy groups -OCH3 is 1. The third-order valence-corrected chi connectivity index (χ3v) is 2.88. The number of primary amides is 1. The van der Waals surface area contributed by atoms with Crippen LogP contribution in [0.15, 0.2) is 47.8 Å². The zero-order valence-electron chi connectivity index (χ0n) is 12.9. The van der Waals surface area contributed by atoms with Crippen molar-refractivity contribution in [2.45, 2.75) is 0 Å². The summed E-state index contributed by atoms with van der Waals surface area (Å²) in [5.74, 6) is -0.126. The predicted molar refractivity (Wildman–Crippen MR) is 87.0 cm³/mol. The first-order chi connectivity index (χ1) is 11.6. The number of hydrogen-bond acceptors (Lipinski definition) is 6. The van der Waals surface area contributed by atoms with Gasteiger partial charge in [-0.05, 0) is 35.9 Å². The van der Waals surface area contributed by atoms with Crippen LogP contribution in [0.5, 0.6) is 11.5 Å². The molecule has 8 heteroatoms. The number of carbonyl (C=O) groups is 2. The average Bonchev–Trinajstić information content (AvgIpc) is 2.61. The number of ether oxygens (including phenoxy) is 2. The fourth-order valence-electron chi connectivity index (χ4n) is 1.77. The zero-order valence-corrected chi connectivity index (χ0v) is 12.9. The molecule has 0 spiro atoms. The van der Waals surface area contributed by atoms with E-state index in [-0.39, 0.29) is 12.5 Å². The quantitative estimate of drug-likeness (QED) is 0.574. The maximum absolute atomic E-state index is 11.8. The Morgan fingerprint density at radius 3 is 2.67 bits per heavy atom. The van der Waals surface area contributed by atoms with E-state index >= 15 is 0 Å². The Labute approximate surface area is 138 Å². The van der Waals surface area contributed by atoms with Gasteiger partial charge in [-0.2, -0.15) is 5.10 Å². The van der Waals surface area contributed by atoms with Gasteiger partial charge in [0.25, 0.3) is 11.8 Å². The molecule has 3 N–H and O–H groups in total. The van der Waals surface area contributed by atoms with E-state index in [4.69, 9.17) is 15.2 Å². The molecule has 2 aromatic rings. The van der Waals surface area contributed by atoms with Gasteiger partial charge in [0.05, 0.1) is 13.3 Å². The van der Waals surface area contributed by atoms with Gasteiger partial charge in [0.2, 0.25) is 0 Å². The fraction of sp³-hybridized carbons (Fsp3) is 0.125. The largest absolute Gasteiger partial charge is 0.493 e. The Kier molecular flexibility index (Phi) is 5.84. The van der Waals surface area contributed by atoms with E-state index in [1.54, 1.807) is 30.3 Å². The maximum Gasteiger partial charge on any atom is 0.271 e. The molecule has 0 aliphatic carbocycles. The van der Waals surface area contributed by atoms with E-state index in [0.717, 1.165) is 0 Å². The van der Waals surface area contributed by atoms with Gasteiger partial charge in [0.15, 0.2) is 18.1 Å². The van der Waals surface area contributed by atoms with Gasteiger partial charge in [-0.1, -0.05) is 0 Å². The summed E-state index contributed by atoms with van der Waals surface area (Å²) in [4.78, 5) is 26.4. The molecule has 0 atom stereocenters. The number of nitrogens with one attached hydrogen (secondary N) is 1. The monoisotopic (exact) mass is 328 g/mol. The first-order valence-corrected chi connectivity index (χ1v) is 6.92. The first kappa shape index (κ1) is 16.9. The smallest absolute Gasteiger partial charge is 0.271 e. The van der Waals surface area contributed by atoms with Gasteiger partial charge in [-0.15, -0.1) is 0 Å². The highest BCUT2D eigenvalue weighted by molar-refractivity contribution is 5.94. The molecule has 2 amide bonds. The van der Waals surface area contributed by atoms with E-state index in [0.29, 0.717) is 22.6 Å². The van der Waals surface area contributed by atoms with Crippen LogP contribution in [0.25, 0.3) is 0 Å². The third kappa shape index (κ3) is 4.80. The maximum atomic E-state index is 11.8. The standard InChI is InChI=1S/C16H16N4O4/c1-23-14-8-11(2-3-13(14)24-10-15(17)21)9-19-20-16(22)12-4-6-18-7-5-12/h2-9H,10H2,1H3,(H2,17,21)(H,20,22)/b19-9-. The van der Waals surface area contributed by atoms with Crippen molar-refractivity contribution in [2.75, 3.05) is 13.7 Å². The molecule has 0 aliphatic rings. The minimum atomic E-state index is -0.582. The van der Waals surface area contributed by atoms with Gasteiger partial charge in [-0.3, -0.25) is 14.6 Å². The van der Waals surface area contributed by atoms with E-state index in [9.17, 15) is 9.59 Å². The SMILES string of the molecule is COc1cc(/C=N\NC(=O)c2ccncc2)ccc1OCC(N)=O. The molecule has 8 nitrogen and oxygen atoms in total. The minimum absolute atomic E-state index is 0.244.